The van der Waals surface area contributed by atoms with Crippen LogP contribution in [0.25, 0.3) is 0 Å². The summed E-state index contributed by atoms with van der Waals surface area (Å²) in [6, 6.07) is 10.1. The van der Waals surface area contributed by atoms with Crippen molar-refractivity contribution in [3.05, 3.63) is 59.7 Å². The standard InChI is InChI=1S/C18H22FN3O/c1-18(2,3)20-17(23)22-12-11-21-10-4-5-15(21)16(22)13-6-8-14(19)9-7-13/h4-10,16H,11-12H2,1-3H3,(H,20,23)/t16-/m1/s1. The highest BCUT2D eigenvalue weighted by Crippen LogP contribution is 2.32. The average molecular weight is 315 g/mol. The van der Waals surface area contributed by atoms with E-state index in [0.29, 0.717) is 6.54 Å². The zero-order valence-corrected chi connectivity index (χ0v) is 13.7. The minimum atomic E-state index is -0.302. The Bertz CT molecular complexity index is 700. The number of hydrogen-bond donors (Lipinski definition) is 1. The van der Waals surface area contributed by atoms with Crippen molar-refractivity contribution in [2.24, 2.45) is 0 Å². The molecule has 0 saturated carbocycles. The zero-order valence-electron chi connectivity index (χ0n) is 13.7. The van der Waals surface area contributed by atoms with Crippen molar-refractivity contribution in [3.8, 4) is 0 Å². The van der Waals surface area contributed by atoms with Crippen LogP contribution in [0.3, 0.4) is 0 Å². The minimum Gasteiger partial charge on any atom is -0.348 e. The Morgan fingerprint density at radius 1 is 1.17 bits per heavy atom. The second-order valence-corrected chi connectivity index (χ2v) is 6.95. The Morgan fingerprint density at radius 2 is 1.87 bits per heavy atom. The lowest BCUT2D eigenvalue weighted by Crippen LogP contribution is -2.52. The molecule has 3 rings (SSSR count). The summed E-state index contributed by atoms with van der Waals surface area (Å²) in [5.74, 6) is -0.273. The predicted octanol–water partition coefficient (Wildman–Crippen LogP) is 3.54. The summed E-state index contributed by atoms with van der Waals surface area (Å²) in [5.41, 5.74) is 1.66. The van der Waals surface area contributed by atoms with Crippen LogP contribution in [0.1, 0.15) is 38.1 Å². The molecule has 2 aromatic rings. The van der Waals surface area contributed by atoms with E-state index in [9.17, 15) is 9.18 Å². The van der Waals surface area contributed by atoms with Crippen molar-refractivity contribution in [1.82, 2.24) is 14.8 Å². The Kier molecular flexibility index (Phi) is 3.88. The second kappa shape index (κ2) is 5.72. The molecule has 0 fully saturated rings. The summed E-state index contributed by atoms with van der Waals surface area (Å²) in [6.07, 6.45) is 2.02. The topological polar surface area (TPSA) is 37.3 Å². The number of carbonyl (C=O) groups is 1. The average Bonchev–Trinajstić information content (AvgIpc) is 2.93. The maximum atomic E-state index is 13.3. The fourth-order valence-corrected chi connectivity index (χ4v) is 2.99. The van der Waals surface area contributed by atoms with Gasteiger partial charge in [-0.1, -0.05) is 12.1 Å². The summed E-state index contributed by atoms with van der Waals surface area (Å²) < 4.78 is 15.4. The molecule has 2 heterocycles. The van der Waals surface area contributed by atoms with E-state index in [1.165, 1.54) is 12.1 Å². The number of aromatic nitrogens is 1. The molecular formula is C18H22FN3O. The Hall–Kier alpha value is -2.30. The van der Waals surface area contributed by atoms with Gasteiger partial charge in [-0.05, 0) is 50.6 Å². The number of nitrogens with one attached hydrogen (secondary N) is 1. The summed E-state index contributed by atoms with van der Waals surface area (Å²) in [5, 5.41) is 3.03. The lowest BCUT2D eigenvalue weighted by molar-refractivity contribution is 0.161. The number of rotatable bonds is 1. The smallest absolute Gasteiger partial charge is 0.318 e. The molecule has 1 aromatic carbocycles. The number of fused-ring (bicyclic) bond motifs is 1. The van der Waals surface area contributed by atoms with Gasteiger partial charge in [0.2, 0.25) is 0 Å². The number of urea groups is 1. The van der Waals surface area contributed by atoms with Crippen molar-refractivity contribution in [2.45, 2.75) is 38.9 Å². The van der Waals surface area contributed by atoms with E-state index in [4.69, 9.17) is 0 Å². The summed E-state index contributed by atoms with van der Waals surface area (Å²) in [4.78, 5) is 14.6. The van der Waals surface area contributed by atoms with E-state index in [1.54, 1.807) is 12.1 Å². The van der Waals surface area contributed by atoms with E-state index < -0.39 is 0 Å². The van der Waals surface area contributed by atoms with Gasteiger partial charge < -0.3 is 14.8 Å². The number of halogens is 1. The minimum absolute atomic E-state index is 0.0979. The van der Waals surface area contributed by atoms with Gasteiger partial charge in [0.1, 0.15) is 5.82 Å². The molecule has 1 aromatic heterocycles. The lowest BCUT2D eigenvalue weighted by Gasteiger charge is -2.38. The third-order valence-electron chi connectivity index (χ3n) is 3.97. The van der Waals surface area contributed by atoms with Crippen molar-refractivity contribution in [2.75, 3.05) is 6.54 Å². The van der Waals surface area contributed by atoms with Crippen molar-refractivity contribution in [3.63, 3.8) is 0 Å². The molecule has 0 spiro atoms. The maximum Gasteiger partial charge on any atom is 0.318 e. The Balaban J connectivity index is 1.98. The SMILES string of the molecule is CC(C)(C)NC(=O)N1CCn2cccc2[C@H]1c1ccc(F)cc1. The molecule has 2 amide bonds. The number of carbonyl (C=O) groups excluding carboxylic acids is 1. The first-order valence-electron chi connectivity index (χ1n) is 7.84. The predicted molar refractivity (Wildman–Crippen MR) is 87.7 cm³/mol. The molecule has 0 radical (unpaired) electrons. The van der Waals surface area contributed by atoms with Gasteiger partial charge in [-0.2, -0.15) is 0 Å². The van der Waals surface area contributed by atoms with Gasteiger partial charge in [0.15, 0.2) is 0 Å². The molecule has 1 N–H and O–H groups in total. The molecule has 1 aliphatic rings. The van der Waals surface area contributed by atoms with Crippen LogP contribution >= 0.6 is 0 Å². The van der Waals surface area contributed by atoms with Gasteiger partial charge in [-0.25, -0.2) is 9.18 Å². The molecule has 0 saturated heterocycles. The van der Waals surface area contributed by atoms with Crippen molar-refractivity contribution >= 4 is 6.03 Å². The first-order valence-corrected chi connectivity index (χ1v) is 7.84. The number of amides is 2. The molecule has 0 unspecified atom stereocenters. The van der Waals surface area contributed by atoms with E-state index in [-0.39, 0.29) is 23.4 Å². The van der Waals surface area contributed by atoms with E-state index in [2.05, 4.69) is 9.88 Å². The summed E-state index contributed by atoms with van der Waals surface area (Å²) in [6.45, 7) is 7.27. The number of benzene rings is 1. The molecular weight excluding hydrogens is 293 g/mol. The summed E-state index contributed by atoms with van der Waals surface area (Å²) in [7, 11) is 0. The van der Waals surface area contributed by atoms with Crippen LogP contribution < -0.4 is 5.32 Å². The zero-order chi connectivity index (χ0) is 16.6. The van der Waals surface area contributed by atoms with Gasteiger partial charge >= 0.3 is 6.03 Å². The molecule has 1 aliphatic heterocycles. The largest absolute Gasteiger partial charge is 0.348 e. The number of hydrogen-bond acceptors (Lipinski definition) is 1. The lowest BCUT2D eigenvalue weighted by atomic mass is 10.00. The number of nitrogens with zero attached hydrogens (tertiary/aromatic N) is 2. The quantitative estimate of drug-likeness (QED) is 0.858. The highest BCUT2D eigenvalue weighted by molar-refractivity contribution is 5.76. The first kappa shape index (κ1) is 15.6. The molecule has 4 nitrogen and oxygen atoms in total. The van der Waals surface area contributed by atoms with Crippen molar-refractivity contribution < 1.29 is 9.18 Å². The summed E-state index contributed by atoms with van der Waals surface area (Å²) >= 11 is 0. The van der Waals surface area contributed by atoms with Crippen LogP contribution in [-0.4, -0.2) is 27.6 Å². The molecule has 23 heavy (non-hydrogen) atoms. The highest BCUT2D eigenvalue weighted by atomic mass is 19.1. The maximum absolute atomic E-state index is 13.3. The second-order valence-electron chi connectivity index (χ2n) is 6.95. The molecule has 122 valence electrons. The third-order valence-corrected chi connectivity index (χ3v) is 3.97. The molecule has 5 heteroatoms. The third kappa shape index (κ3) is 3.23. The van der Waals surface area contributed by atoms with Gasteiger partial charge in [0.05, 0.1) is 6.04 Å². The Morgan fingerprint density at radius 3 is 2.52 bits per heavy atom. The van der Waals surface area contributed by atoms with E-state index in [0.717, 1.165) is 17.8 Å². The molecule has 0 aliphatic carbocycles. The van der Waals surface area contributed by atoms with Crippen LogP contribution in [0.2, 0.25) is 0 Å². The van der Waals surface area contributed by atoms with Gasteiger partial charge in [0, 0.05) is 30.5 Å². The van der Waals surface area contributed by atoms with E-state index >= 15 is 0 Å². The first-order chi connectivity index (χ1) is 10.8. The van der Waals surface area contributed by atoms with Crippen LogP contribution in [0.15, 0.2) is 42.6 Å². The van der Waals surface area contributed by atoms with Gasteiger partial charge in [0.25, 0.3) is 0 Å². The monoisotopic (exact) mass is 315 g/mol. The normalized spacial score (nSPS) is 17.7. The molecule has 1 atom stereocenters. The molecule has 0 bridgehead atoms. The van der Waals surface area contributed by atoms with Gasteiger partial charge in [-0.3, -0.25) is 0 Å². The van der Waals surface area contributed by atoms with Gasteiger partial charge in [-0.15, -0.1) is 0 Å². The van der Waals surface area contributed by atoms with Crippen LogP contribution in [0.5, 0.6) is 0 Å². The van der Waals surface area contributed by atoms with E-state index in [1.807, 2.05) is 44.0 Å². The Labute approximate surface area is 135 Å². The fourth-order valence-electron chi connectivity index (χ4n) is 2.99. The van der Waals surface area contributed by atoms with Crippen molar-refractivity contribution in [1.29, 1.82) is 0 Å². The van der Waals surface area contributed by atoms with Crippen LogP contribution in [0.4, 0.5) is 9.18 Å². The van der Waals surface area contributed by atoms with Crippen LogP contribution in [0, 0.1) is 5.82 Å². The highest BCUT2D eigenvalue weighted by Gasteiger charge is 2.33. The fraction of sp³-hybridized carbons (Fsp3) is 0.389. The van der Waals surface area contributed by atoms with Crippen LogP contribution in [-0.2, 0) is 6.54 Å².